The smallest absolute Gasteiger partial charge is 0.120 e. The van der Waals surface area contributed by atoms with Crippen molar-refractivity contribution < 1.29 is 4.74 Å². The summed E-state index contributed by atoms with van der Waals surface area (Å²) < 4.78 is 5.66. The summed E-state index contributed by atoms with van der Waals surface area (Å²) in [5.74, 6) is 0.809. The average Bonchev–Trinajstić information content (AvgIpc) is 2.49. The van der Waals surface area contributed by atoms with Gasteiger partial charge in [0.25, 0.3) is 0 Å². The fraction of sp³-hybridized carbons (Fsp3) is 0.611. The summed E-state index contributed by atoms with van der Waals surface area (Å²) in [6.07, 6.45) is 11.9. The summed E-state index contributed by atoms with van der Waals surface area (Å²) in [6, 6.07) is 9.50. The Bertz CT molecular complexity index is 395. The second-order valence-corrected chi connectivity index (χ2v) is 5.32. The molecule has 0 bridgehead atoms. The fourth-order valence-corrected chi connectivity index (χ4v) is 2.26. The first-order valence-corrected chi connectivity index (χ1v) is 7.99. The Morgan fingerprint density at radius 3 is 2.25 bits per heavy atom. The number of rotatable bonds is 11. The van der Waals surface area contributed by atoms with Gasteiger partial charge in [0.1, 0.15) is 5.75 Å². The molecule has 0 saturated carbocycles. The monoisotopic (exact) mass is 273 g/mol. The third-order valence-electron chi connectivity index (χ3n) is 3.48. The molecule has 0 fully saturated rings. The quantitative estimate of drug-likeness (QED) is 0.501. The van der Waals surface area contributed by atoms with E-state index in [2.05, 4.69) is 13.0 Å². The van der Waals surface area contributed by atoms with E-state index in [1.54, 1.807) is 12.1 Å². The molecule has 0 aliphatic rings. The molecule has 0 N–H and O–H groups in total. The molecule has 0 unspecified atom stereocenters. The largest absolute Gasteiger partial charge is 0.494 e. The topological polar surface area (TPSA) is 33.0 Å². The molecule has 2 heteroatoms. The minimum Gasteiger partial charge on any atom is -0.494 e. The fourth-order valence-electron chi connectivity index (χ4n) is 2.26. The maximum atomic E-state index is 8.80. The molecule has 2 nitrogen and oxygen atoms in total. The standard InChI is InChI=1S/C18H27NO/c1-2-3-4-5-6-7-8-9-10-14-20-18-13-11-12-17(15-18)16-19/h11-13,15H,2-10,14H2,1H3. The number of benzene rings is 1. The molecule has 0 heterocycles. The molecule has 0 aliphatic carbocycles. The van der Waals surface area contributed by atoms with Gasteiger partial charge in [0.2, 0.25) is 0 Å². The third kappa shape index (κ3) is 7.84. The van der Waals surface area contributed by atoms with Crippen molar-refractivity contribution in [3.05, 3.63) is 29.8 Å². The van der Waals surface area contributed by atoms with E-state index >= 15 is 0 Å². The second-order valence-electron chi connectivity index (χ2n) is 5.32. The highest BCUT2D eigenvalue weighted by Crippen LogP contribution is 2.14. The van der Waals surface area contributed by atoms with Gasteiger partial charge in [0.05, 0.1) is 18.2 Å². The van der Waals surface area contributed by atoms with Gasteiger partial charge in [-0.15, -0.1) is 0 Å². The Kier molecular flexibility index (Phi) is 9.40. The zero-order valence-electron chi connectivity index (χ0n) is 12.7. The summed E-state index contributed by atoms with van der Waals surface area (Å²) in [6.45, 7) is 3.01. The van der Waals surface area contributed by atoms with Gasteiger partial charge in [0.15, 0.2) is 0 Å². The summed E-state index contributed by atoms with van der Waals surface area (Å²) in [4.78, 5) is 0. The van der Waals surface area contributed by atoms with Crippen LogP contribution < -0.4 is 4.74 Å². The van der Waals surface area contributed by atoms with Crippen LogP contribution in [0.3, 0.4) is 0 Å². The predicted molar refractivity (Wildman–Crippen MR) is 83.9 cm³/mol. The van der Waals surface area contributed by atoms with Crippen LogP contribution in [0.25, 0.3) is 0 Å². The molecule has 0 atom stereocenters. The summed E-state index contributed by atoms with van der Waals surface area (Å²) in [5.41, 5.74) is 0.662. The Morgan fingerprint density at radius 2 is 1.60 bits per heavy atom. The zero-order valence-corrected chi connectivity index (χ0v) is 12.7. The lowest BCUT2D eigenvalue weighted by Gasteiger charge is -2.06. The number of nitriles is 1. The van der Waals surface area contributed by atoms with E-state index in [4.69, 9.17) is 10.00 Å². The normalized spacial score (nSPS) is 10.2. The lowest BCUT2D eigenvalue weighted by atomic mass is 10.1. The van der Waals surface area contributed by atoms with Crippen molar-refractivity contribution in [3.8, 4) is 11.8 Å². The van der Waals surface area contributed by atoms with Crippen LogP contribution in [0.5, 0.6) is 5.75 Å². The van der Waals surface area contributed by atoms with Gasteiger partial charge in [0, 0.05) is 0 Å². The average molecular weight is 273 g/mol. The van der Waals surface area contributed by atoms with Gasteiger partial charge < -0.3 is 4.74 Å². The lowest BCUT2D eigenvalue weighted by Crippen LogP contribution is -1.97. The minimum atomic E-state index is 0.662. The van der Waals surface area contributed by atoms with Gasteiger partial charge >= 0.3 is 0 Å². The Balaban J connectivity index is 1.95. The number of unbranched alkanes of at least 4 members (excludes halogenated alkanes) is 8. The van der Waals surface area contributed by atoms with E-state index in [9.17, 15) is 0 Å². The van der Waals surface area contributed by atoms with Crippen molar-refractivity contribution in [2.45, 2.75) is 64.7 Å². The molecule has 0 aromatic heterocycles. The third-order valence-corrected chi connectivity index (χ3v) is 3.48. The SMILES string of the molecule is CCCCCCCCCCCOc1cccc(C#N)c1. The second kappa shape index (κ2) is 11.3. The first kappa shape index (κ1) is 16.6. The van der Waals surface area contributed by atoms with E-state index < -0.39 is 0 Å². The summed E-state index contributed by atoms with van der Waals surface area (Å²) >= 11 is 0. The van der Waals surface area contributed by atoms with Gasteiger partial charge in [-0.25, -0.2) is 0 Å². The van der Waals surface area contributed by atoms with Crippen LogP contribution in [0.1, 0.15) is 70.3 Å². The highest BCUT2D eigenvalue weighted by molar-refractivity contribution is 5.36. The Hall–Kier alpha value is -1.49. The molecule has 110 valence electrons. The maximum Gasteiger partial charge on any atom is 0.120 e. The van der Waals surface area contributed by atoms with Gasteiger partial charge in [-0.05, 0) is 24.6 Å². The summed E-state index contributed by atoms with van der Waals surface area (Å²) in [7, 11) is 0. The Morgan fingerprint density at radius 1 is 0.950 bits per heavy atom. The van der Waals surface area contributed by atoms with Crippen molar-refractivity contribution in [3.63, 3.8) is 0 Å². The van der Waals surface area contributed by atoms with Gasteiger partial charge in [-0.3, -0.25) is 0 Å². The first-order chi connectivity index (χ1) is 9.86. The summed E-state index contributed by atoms with van der Waals surface area (Å²) in [5, 5.41) is 8.80. The lowest BCUT2D eigenvalue weighted by molar-refractivity contribution is 0.304. The zero-order chi connectivity index (χ0) is 14.5. The van der Waals surface area contributed by atoms with E-state index in [-0.39, 0.29) is 0 Å². The number of nitrogens with zero attached hydrogens (tertiary/aromatic N) is 1. The molecular formula is C18H27NO. The first-order valence-electron chi connectivity index (χ1n) is 7.99. The molecule has 1 rings (SSSR count). The van der Waals surface area contributed by atoms with Crippen LogP contribution in [0.15, 0.2) is 24.3 Å². The van der Waals surface area contributed by atoms with Crippen LogP contribution in [-0.4, -0.2) is 6.61 Å². The molecule has 0 amide bonds. The molecule has 1 aromatic rings. The van der Waals surface area contributed by atoms with Gasteiger partial charge in [-0.1, -0.05) is 64.4 Å². The molecule has 20 heavy (non-hydrogen) atoms. The molecule has 1 aromatic carbocycles. The van der Waals surface area contributed by atoms with Crippen molar-refractivity contribution in [2.75, 3.05) is 6.61 Å². The van der Waals surface area contributed by atoms with Crippen molar-refractivity contribution >= 4 is 0 Å². The molecule has 0 saturated heterocycles. The number of hydrogen-bond acceptors (Lipinski definition) is 2. The van der Waals surface area contributed by atoms with Crippen molar-refractivity contribution in [1.29, 1.82) is 5.26 Å². The highest BCUT2D eigenvalue weighted by Gasteiger charge is 1.96. The highest BCUT2D eigenvalue weighted by atomic mass is 16.5. The van der Waals surface area contributed by atoms with Crippen LogP contribution >= 0.6 is 0 Å². The number of hydrogen-bond donors (Lipinski definition) is 0. The maximum absolute atomic E-state index is 8.80. The van der Waals surface area contributed by atoms with E-state index in [0.29, 0.717) is 5.56 Å². The van der Waals surface area contributed by atoms with Crippen molar-refractivity contribution in [2.24, 2.45) is 0 Å². The molecular weight excluding hydrogens is 246 g/mol. The molecule has 0 aliphatic heterocycles. The van der Waals surface area contributed by atoms with Gasteiger partial charge in [-0.2, -0.15) is 5.26 Å². The van der Waals surface area contributed by atoms with Crippen LogP contribution in [0, 0.1) is 11.3 Å². The van der Waals surface area contributed by atoms with E-state index in [1.165, 1.54) is 51.4 Å². The van der Waals surface area contributed by atoms with E-state index in [1.807, 2.05) is 12.1 Å². The number of ether oxygens (including phenoxy) is 1. The van der Waals surface area contributed by atoms with Crippen LogP contribution in [-0.2, 0) is 0 Å². The van der Waals surface area contributed by atoms with E-state index in [0.717, 1.165) is 18.8 Å². The molecule has 0 spiro atoms. The predicted octanol–water partition coefficient (Wildman–Crippen LogP) is 5.47. The van der Waals surface area contributed by atoms with Crippen molar-refractivity contribution in [1.82, 2.24) is 0 Å². The van der Waals surface area contributed by atoms with Crippen LogP contribution in [0.4, 0.5) is 0 Å². The molecule has 0 radical (unpaired) electrons. The Labute approximate surface area is 123 Å². The minimum absolute atomic E-state index is 0.662. The van der Waals surface area contributed by atoms with Crippen LogP contribution in [0.2, 0.25) is 0 Å².